The van der Waals surface area contributed by atoms with Crippen LogP contribution in [0.25, 0.3) is 0 Å². The van der Waals surface area contributed by atoms with Gasteiger partial charge in [0.25, 0.3) is 0 Å². The molecular formula is C23H29N3O3. The second kappa shape index (κ2) is 10.6. The molecule has 1 aliphatic rings. The lowest BCUT2D eigenvalue weighted by molar-refractivity contribution is -0.138. The number of ether oxygens (including phenoxy) is 1. The van der Waals surface area contributed by atoms with E-state index in [1.807, 2.05) is 47.5 Å². The average molecular weight is 396 g/mol. The summed E-state index contributed by atoms with van der Waals surface area (Å²) in [6, 6.07) is 11.8. The Morgan fingerprint density at radius 3 is 2.76 bits per heavy atom. The summed E-state index contributed by atoms with van der Waals surface area (Å²) in [6.07, 6.45) is 7.23. The number of hydrogen-bond donors (Lipinski definition) is 1. The van der Waals surface area contributed by atoms with E-state index in [0.717, 1.165) is 30.6 Å². The number of amides is 2. The van der Waals surface area contributed by atoms with E-state index in [2.05, 4.69) is 10.3 Å². The number of piperidine rings is 1. The van der Waals surface area contributed by atoms with Crippen LogP contribution in [0, 0.1) is 5.92 Å². The molecule has 1 fully saturated rings. The van der Waals surface area contributed by atoms with Crippen molar-refractivity contribution in [3.8, 4) is 5.75 Å². The maximum Gasteiger partial charge on any atom is 0.224 e. The number of likely N-dealkylation sites (tertiary alicyclic amines) is 1. The van der Waals surface area contributed by atoms with Crippen LogP contribution in [0.15, 0.2) is 48.8 Å². The maximum absolute atomic E-state index is 12.5. The maximum atomic E-state index is 12.5. The van der Waals surface area contributed by atoms with Crippen molar-refractivity contribution >= 4 is 11.8 Å². The molecule has 0 unspecified atom stereocenters. The molecule has 0 radical (unpaired) electrons. The molecule has 1 aromatic carbocycles. The molecule has 0 bridgehead atoms. The Hall–Kier alpha value is -2.89. The van der Waals surface area contributed by atoms with Crippen LogP contribution in [0.3, 0.4) is 0 Å². The molecule has 0 aliphatic carbocycles. The second-order valence-electron chi connectivity index (χ2n) is 7.43. The Morgan fingerprint density at radius 1 is 1.21 bits per heavy atom. The quantitative estimate of drug-likeness (QED) is 0.663. The molecule has 1 N–H and O–H groups in total. The number of carbonyl (C=O) groups is 2. The van der Waals surface area contributed by atoms with E-state index in [0.29, 0.717) is 32.5 Å². The van der Waals surface area contributed by atoms with Crippen LogP contribution in [-0.2, 0) is 22.4 Å². The molecule has 6 heteroatoms. The lowest BCUT2D eigenvalue weighted by Gasteiger charge is -2.32. The Bertz CT molecular complexity index is 793. The molecule has 0 spiro atoms. The van der Waals surface area contributed by atoms with Gasteiger partial charge in [-0.3, -0.25) is 14.6 Å². The van der Waals surface area contributed by atoms with Crippen molar-refractivity contribution in [2.24, 2.45) is 5.92 Å². The molecule has 1 atom stereocenters. The molecule has 1 saturated heterocycles. The van der Waals surface area contributed by atoms with Gasteiger partial charge in [0.15, 0.2) is 0 Å². The van der Waals surface area contributed by atoms with E-state index < -0.39 is 0 Å². The van der Waals surface area contributed by atoms with Gasteiger partial charge in [0.2, 0.25) is 11.8 Å². The van der Waals surface area contributed by atoms with Crippen LogP contribution >= 0.6 is 0 Å². The van der Waals surface area contributed by atoms with Gasteiger partial charge in [-0.05, 0) is 55.0 Å². The fourth-order valence-electron chi connectivity index (χ4n) is 3.60. The number of aromatic nitrogens is 1. The van der Waals surface area contributed by atoms with Crippen LogP contribution in [0.4, 0.5) is 0 Å². The van der Waals surface area contributed by atoms with Gasteiger partial charge in [0.1, 0.15) is 5.75 Å². The van der Waals surface area contributed by atoms with Crippen LogP contribution in [0.1, 0.15) is 30.4 Å². The zero-order valence-corrected chi connectivity index (χ0v) is 17.0. The number of pyridine rings is 1. The molecule has 2 amide bonds. The van der Waals surface area contributed by atoms with Crippen molar-refractivity contribution < 1.29 is 14.3 Å². The highest BCUT2D eigenvalue weighted by atomic mass is 16.5. The van der Waals surface area contributed by atoms with E-state index in [1.165, 1.54) is 5.56 Å². The predicted molar refractivity (Wildman–Crippen MR) is 112 cm³/mol. The Morgan fingerprint density at radius 2 is 2.03 bits per heavy atom. The monoisotopic (exact) mass is 395 g/mol. The molecule has 1 aliphatic heterocycles. The van der Waals surface area contributed by atoms with Crippen molar-refractivity contribution in [1.29, 1.82) is 0 Å². The number of hydrogen-bond acceptors (Lipinski definition) is 4. The largest absolute Gasteiger partial charge is 0.497 e. The number of carbonyl (C=O) groups excluding carboxylic acids is 2. The van der Waals surface area contributed by atoms with Crippen molar-refractivity contribution in [2.75, 3.05) is 26.7 Å². The summed E-state index contributed by atoms with van der Waals surface area (Å²) in [6.45, 7) is 1.78. The van der Waals surface area contributed by atoms with E-state index in [1.54, 1.807) is 13.3 Å². The normalized spacial score (nSPS) is 16.5. The van der Waals surface area contributed by atoms with Gasteiger partial charge in [-0.25, -0.2) is 0 Å². The van der Waals surface area contributed by atoms with Gasteiger partial charge in [-0.2, -0.15) is 0 Å². The van der Waals surface area contributed by atoms with Crippen LogP contribution in [0.5, 0.6) is 5.75 Å². The summed E-state index contributed by atoms with van der Waals surface area (Å²) in [5, 5.41) is 3.03. The molecule has 0 saturated carbocycles. The van der Waals surface area contributed by atoms with Crippen LogP contribution in [-0.4, -0.2) is 48.4 Å². The summed E-state index contributed by atoms with van der Waals surface area (Å²) in [7, 11) is 1.64. The van der Waals surface area contributed by atoms with Crippen molar-refractivity contribution in [3.05, 3.63) is 59.9 Å². The topological polar surface area (TPSA) is 71.5 Å². The van der Waals surface area contributed by atoms with Crippen molar-refractivity contribution in [3.63, 3.8) is 0 Å². The highest BCUT2D eigenvalue weighted by Gasteiger charge is 2.29. The van der Waals surface area contributed by atoms with Crippen LogP contribution < -0.4 is 10.1 Å². The molecule has 6 nitrogen and oxygen atoms in total. The smallest absolute Gasteiger partial charge is 0.224 e. The average Bonchev–Trinajstić information content (AvgIpc) is 2.77. The molecule has 3 rings (SSSR count). The number of rotatable bonds is 9. The van der Waals surface area contributed by atoms with Crippen molar-refractivity contribution in [2.45, 2.75) is 32.1 Å². The summed E-state index contributed by atoms with van der Waals surface area (Å²) in [5.74, 6) is 0.891. The lowest BCUT2D eigenvalue weighted by Crippen LogP contribution is -2.46. The van der Waals surface area contributed by atoms with Crippen LogP contribution in [0.2, 0.25) is 0 Å². The third-order valence-corrected chi connectivity index (χ3v) is 5.36. The number of aryl methyl sites for hydroxylation is 1. The minimum absolute atomic E-state index is 0.0538. The summed E-state index contributed by atoms with van der Waals surface area (Å²) in [5.41, 5.74) is 2.33. The van der Waals surface area contributed by atoms with E-state index in [4.69, 9.17) is 4.74 Å². The number of nitrogens with zero attached hydrogens (tertiary/aromatic N) is 2. The molecule has 29 heavy (non-hydrogen) atoms. The van der Waals surface area contributed by atoms with Gasteiger partial charge in [-0.1, -0.05) is 18.2 Å². The third-order valence-electron chi connectivity index (χ3n) is 5.36. The Kier molecular flexibility index (Phi) is 7.61. The molecular weight excluding hydrogens is 366 g/mol. The lowest BCUT2D eigenvalue weighted by atomic mass is 9.96. The highest BCUT2D eigenvalue weighted by Crippen LogP contribution is 2.19. The van der Waals surface area contributed by atoms with E-state index in [9.17, 15) is 9.59 Å². The first-order valence-corrected chi connectivity index (χ1v) is 10.2. The van der Waals surface area contributed by atoms with E-state index >= 15 is 0 Å². The highest BCUT2D eigenvalue weighted by molar-refractivity contribution is 5.83. The Balaban J connectivity index is 1.41. The second-order valence-corrected chi connectivity index (χ2v) is 7.43. The molecule has 154 valence electrons. The van der Waals surface area contributed by atoms with Gasteiger partial charge < -0.3 is 15.0 Å². The van der Waals surface area contributed by atoms with Gasteiger partial charge in [0, 0.05) is 38.4 Å². The first kappa shape index (κ1) is 20.8. The van der Waals surface area contributed by atoms with Gasteiger partial charge >= 0.3 is 0 Å². The number of nitrogens with one attached hydrogen (secondary N) is 1. The zero-order valence-electron chi connectivity index (χ0n) is 17.0. The standard InChI is InChI=1S/C23H29N3O3/c1-29-21-9-6-18(7-10-21)12-15-26-17-20(8-11-22(26)27)23(28)25-14-3-5-19-4-2-13-24-16-19/h2,4,6-7,9-10,13,16,20H,3,5,8,11-12,14-15,17H2,1H3,(H,25,28)/t20-/m1/s1. The summed E-state index contributed by atoms with van der Waals surface area (Å²) < 4.78 is 5.17. The summed E-state index contributed by atoms with van der Waals surface area (Å²) >= 11 is 0. The first-order valence-electron chi connectivity index (χ1n) is 10.2. The Labute approximate surface area is 172 Å². The molecule has 1 aromatic heterocycles. The molecule has 2 aromatic rings. The zero-order chi connectivity index (χ0) is 20.5. The predicted octanol–water partition coefficient (Wildman–Crippen LogP) is 2.62. The number of benzene rings is 1. The minimum atomic E-state index is -0.123. The number of methoxy groups -OCH3 is 1. The fourth-order valence-corrected chi connectivity index (χ4v) is 3.60. The van der Waals surface area contributed by atoms with Crippen molar-refractivity contribution in [1.82, 2.24) is 15.2 Å². The minimum Gasteiger partial charge on any atom is -0.497 e. The fraction of sp³-hybridized carbons (Fsp3) is 0.435. The SMILES string of the molecule is COc1ccc(CCN2C[C@H](C(=O)NCCCc3cccnc3)CCC2=O)cc1. The summed E-state index contributed by atoms with van der Waals surface area (Å²) in [4.78, 5) is 30.7. The van der Waals surface area contributed by atoms with Gasteiger partial charge in [-0.15, -0.1) is 0 Å². The first-order chi connectivity index (χ1) is 14.2. The molecule has 2 heterocycles. The van der Waals surface area contributed by atoms with Gasteiger partial charge in [0.05, 0.1) is 13.0 Å². The van der Waals surface area contributed by atoms with E-state index in [-0.39, 0.29) is 17.7 Å². The third kappa shape index (κ3) is 6.31.